The summed E-state index contributed by atoms with van der Waals surface area (Å²) in [7, 11) is -5.20. The van der Waals surface area contributed by atoms with Crippen LogP contribution in [0, 0.1) is 0 Å². The van der Waals surface area contributed by atoms with Crippen LogP contribution in [0.2, 0.25) is 0 Å². The minimum absolute atomic E-state index is 0.130. The molecule has 0 amide bonds. The van der Waals surface area contributed by atoms with Crippen molar-refractivity contribution in [3.05, 3.63) is 66.2 Å². The molecule has 1 unspecified atom stereocenters. The lowest BCUT2D eigenvalue weighted by atomic mass is 10.1. The first-order valence-corrected chi connectivity index (χ1v) is 7.60. The molecule has 0 N–H and O–H groups in total. The van der Waals surface area contributed by atoms with Crippen molar-refractivity contribution in [2.24, 2.45) is 0 Å². The third-order valence-electron chi connectivity index (χ3n) is 2.59. The molecule has 0 aromatic heterocycles. The second-order valence-electron chi connectivity index (χ2n) is 4.29. The molecule has 0 heterocycles. The van der Waals surface area contributed by atoms with Gasteiger partial charge in [0, 0.05) is 0 Å². The van der Waals surface area contributed by atoms with Crippen LogP contribution in [-0.2, 0) is 9.09 Å². The highest BCUT2D eigenvalue weighted by Crippen LogP contribution is 2.49. The van der Waals surface area contributed by atoms with Gasteiger partial charge in [-0.2, -0.15) is 13.2 Å². The summed E-state index contributed by atoms with van der Waals surface area (Å²) in [5.74, 6) is -0.130. The summed E-state index contributed by atoms with van der Waals surface area (Å²) in [6.07, 6.45) is -7.53. The van der Waals surface area contributed by atoms with Crippen LogP contribution in [0.5, 0.6) is 5.75 Å². The first-order valence-electron chi connectivity index (χ1n) is 6.14. The molecule has 0 aliphatic rings. The number of phosphoric ester groups is 1. The number of phosphoric acid groups is 1. The Kier molecular flexibility index (Phi) is 4.90. The van der Waals surface area contributed by atoms with Gasteiger partial charge >= 0.3 is 14.0 Å². The van der Waals surface area contributed by atoms with Gasteiger partial charge in [0.1, 0.15) is 5.75 Å². The summed E-state index contributed by atoms with van der Waals surface area (Å²) in [6.45, 7) is 0. The van der Waals surface area contributed by atoms with Crippen molar-refractivity contribution in [2.45, 2.75) is 12.3 Å². The Hall–Kier alpha value is -1.82. The van der Waals surface area contributed by atoms with E-state index in [9.17, 15) is 22.6 Å². The maximum atomic E-state index is 13.0. The van der Waals surface area contributed by atoms with E-state index in [-0.39, 0.29) is 11.3 Å². The summed E-state index contributed by atoms with van der Waals surface area (Å²) >= 11 is 0. The number of halogens is 3. The Morgan fingerprint density at radius 3 is 1.95 bits per heavy atom. The molecule has 22 heavy (non-hydrogen) atoms. The van der Waals surface area contributed by atoms with Crippen molar-refractivity contribution in [2.75, 3.05) is 0 Å². The average Bonchev–Trinajstić information content (AvgIpc) is 2.45. The molecule has 0 aliphatic heterocycles. The summed E-state index contributed by atoms with van der Waals surface area (Å²) in [6, 6.07) is 13.6. The van der Waals surface area contributed by atoms with E-state index >= 15 is 0 Å². The van der Waals surface area contributed by atoms with Crippen LogP contribution in [-0.4, -0.2) is 6.18 Å². The van der Waals surface area contributed by atoms with E-state index in [2.05, 4.69) is 9.05 Å². The Labute approximate surface area is 124 Å². The van der Waals surface area contributed by atoms with E-state index in [4.69, 9.17) is 0 Å². The predicted octanol–water partition coefficient (Wildman–Crippen LogP) is 3.85. The van der Waals surface area contributed by atoms with Crippen LogP contribution in [0.15, 0.2) is 60.7 Å². The smallest absolute Gasteiger partial charge is 0.419 e. The standard InChI is InChI=1S/C14H12F3O4P/c15-14(16,17)13(11-7-3-1-4-8-11)21-22(18,19)20-12-9-5-2-6-10-12/h1-10,13H,(H,18,19)/p-1/t13-/m0/s1. The van der Waals surface area contributed by atoms with Crippen LogP contribution in [0.3, 0.4) is 0 Å². The van der Waals surface area contributed by atoms with Gasteiger partial charge in [0.2, 0.25) is 0 Å². The van der Waals surface area contributed by atoms with E-state index in [1.807, 2.05) is 0 Å². The number of rotatable bonds is 5. The van der Waals surface area contributed by atoms with Gasteiger partial charge in [0.15, 0.2) is 6.10 Å². The monoisotopic (exact) mass is 331 g/mol. The van der Waals surface area contributed by atoms with E-state index in [1.54, 1.807) is 6.07 Å². The van der Waals surface area contributed by atoms with Crippen molar-refractivity contribution in [1.82, 2.24) is 0 Å². The molecule has 4 nitrogen and oxygen atoms in total. The van der Waals surface area contributed by atoms with Crippen LogP contribution < -0.4 is 9.42 Å². The Morgan fingerprint density at radius 1 is 0.955 bits per heavy atom. The lowest BCUT2D eigenvalue weighted by molar-refractivity contribution is -0.253. The molecule has 0 saturated carbocycles. The third-order valence-corrected chi connectivity index (χ3v) is 3.50. The molecule has 2 aromatic carbocycles. The lowest BCUT2D eigenvalue weighted by Gasteiger charge is -2.29. The van der Waals surface area contributed by atoms with Crippen LogP contribution >= 0.6 is 7.82 Å². The van der Waals surface area contributed by atoms with Gasteiger partial charge in [-0.05, 0) is 17.7 Å². The molecule has 0 fully saturated rings. The number of hydrogen-bond acceptors (Lipinski definition) is 4. The molecule has 0 spiro atoms. The van der Waals surface area contributed by atoms with Crippen LogP contribution in [0.4, 0.5) is 13.2 Å². The number of alkyl halides is 3. The third kappa shape index (κ3) is 4.59. The first kappa shape index (κ1) is 16.5. The summed E-state index contributed by atoms with van der Waals surface area (Å²) in [5.41, 5.74) is -0.331. The molecule has 0 bridgehead atoms. The SMILES string of the molecule is O=P([O-])(Oc1ccccc1)O[C@@H](c1ccccc1)C(F)(F)F. The predicted molar refractivity (Wildman–Crippen MR) is 71.0 cm³/mol. The molecule has 2 aromatic rings. The van der Waals surface area contributed by atoms with Crippen molar-refractivity contribution in [3.8, 4) is 5.75 Å². The van der Waals surface area contributed by atoms with Crippen molar-refractivity contribution in [1.29, 1.82) is 0 Å². The summed E-state index contributed by atoms with van der Waals surface area (Å²) < 4.78 is 59.6. The van der Waals surface area contributed by atoms with Gasteiger partial charge in [0.25, 0.3) is 0 Å². The van der Waals surface area contributed by atoms with E-state index in [0.717, 1.165) is 12.1 Å². The van der Waals surface area contributed by atoms with E-state index in [1.165, 1.54) is 42.5 Å². The molecular weight excluding hydrogens is 320 g/mol. The molecule has 2 rings (SSSR count). The van der Waals surface area contributed by atoms with Crippen LogP contribution in [0.1, 0.15) is 11.7 Å². The fraction of sp³-hybridized carbons (Fsp3) is 0.143. The lowest BCUT2D eigenvalue weighted by Crippen LogP contribution is -2.26. The topological polar surface area (TPSA) is 58.6 Å². The molecule has 8 heteroatoms. The quantitative estimate of drug-likeness (QED) is 0.781. The fourth-order valence-corrected chi connectivity index (χ4v) is 2.62. The van der Waals surface area contributed by atoms with Gasteiger partial charge in [0.05, 0.1) is 0 Å². The number of para-hydroxylation sites is 1. The minimum Gasteiger partial charge on any atom is -0.746 e. The highest BCUT2D eigenvalue weighted by atomic mass is 31.2. The number of hydrogen-bond donors (Lipinski definition) is 0. The molecule has 118 valence electrons. The molecular formula is C14H11F3O4P-. The molecule has 0 aliphatic carbocycles. The summed E-state index contributed by atoms with van der Waals surface area (Å²) in [5, 5.41) is 0. The van der Waals surface area contributed by atoms with Gasteiger partial charge < -0.3 is 9.42 Å². The van der Waals surface area contributed by atoms with Gasteiger partial charge in [-0.25, -0.2) is 0 Å². The Morgan fingerprint density at radius 2 is 1.45 bits per heavy atom. The zero-order valence-electron chi connectivity index (χ0n) is 11.1. The molecule has 2 atom stereocenters. The van der Waals surface area contributed by atoms with Crippen LogP contribution in [0.25, 0.3) is 0 Å². The first-order chi connectivity index (χ1) is 10.3. The zero-order chi connectivity index (χ0) is 16.2. The fourth-order valence-electron chi connectivity index (χ4n) is 1.70. The Bertz CT molecular complexity index is 646. The van der Waals surface area contributed by atoms with Gasteiger partial charge in [-0.1, -0.05) is 48.5 Å². The molecule has 0 saturated heterocycles. The van der Waals surface area contributed by atoms with Crippen molar-refractivity contribution in [3.63, 3.8) is 0 Å². The summed E-state index contributed by atoms with van der Waals surface area (Å²) in [4.78, 5) is 11.7. The van der Waals surface area contributed by atoms with Gasteiger partial charge in [-0.15, -0.1) is 0 Å². The Balaban J connectivity index is 2.21. The van der Waals surface area contributed by atoms with Gasteiger partial charge in [-0.3, -0.25) is 9.09 Å². The minimum atomic E-state index is -5.20. The van der Waals surface area contributed by atoms with Crippen molar-refractivity contribution < 1.29 is 31.7 Å². The highest BCUT2D eigenvalue weighted by molar-refractivity contribution is 7.46. The van der Waals surface area contributed by atoms with E-state index in [0.29, 0.717) is 0 Å². The molecule has 0 radical (unpaired) electrons. The highest BCUT2D eigenvalue weighted by Gasteiger charge is 2.44. The zero-order valence-corrected chi connectivity index (χ0v) is 12.0. The largest absolute Gasteiger partial charge is 0.746 e. The second kappa shape index (κ2) is 6.52. The van der Waals surface area contributed by atoms with E-state index < -0.39 is 20.1 Å². The maximum absolute atomic E-state index is 13.0. The number of benzene rings is 2. The maximum Gasteiger partial charge on any atom is 0.419 e. The normalized spacial score (nSPS) is 15.8. The average molecular weight is 331 g/mol. The van der Waals surface area contributed by atoms with Crippen molar-refractivity contribution >= 4 is 7.82 Å². The second-order valence-corrected chi connectivity index (χ2v) is 5.58.